The molecule has 2 unspecified atom stereocenters. The first-order valence-electron chi connectivity index (χ1n) is 3.41. The Morgan fingerprint density at radius 3 is 2.25 bits per heavy atom. The molecule has 1 rings (SSSR count). The number of nitroso groups, excluding NO2 is 1. The lowest BCUT2D eigenvalue weighted by atomic mass is 10.1. The highest BCUT2D eigenvalue weighted by molar-refractivity contribution is 6.29. The number of benzene rings is 1. The molecular weight excluding hydrogens is 197 g/mol. The van der Waals surface area contributed by atoms with Gasteiger partial charge in [0.2, 0.25) is 0 Å². The summed E-state index contributed by atoms with van der Waals surface area (Å²) in [6, 6.07) is 9.14. The van der Waals surface area contributed by atoms with Gasteiger partial charge in [0.15, 0.2) is 5.50 Å². The Labute approximate surface area is 80.5 Å². The van der Waals surface area contributed by atoms with Crippen LogP contribution in [-0.4, -0.2) is 5.50 Å². The van der Waals surface area contributed by atoms with Crippen LogP contribution in [-0.2, 0) is 0 Å². The van der Waals surface area contributed by atoms with Crippen molar-refractivity contribution < 1.29 is 0 Å². The van der Waals surface area contributed by atoms with Crippen molar-refractivity contribution in [3.05, 3.63) is 40.8 Å². The zero-order valence-corrected chi connectivity index (χ0v) is 7.66. The molecule has 12 heavy (non-hydrogen) atoms. The topological polar surface area (TPSA) is 29.4 Å². The fourth-order valence-electron chi connectivity index (χ4n) is 0.849. The highest BCUT2D eigenvalue weighted by atomic mass is 35.5. The fraction of sp³-hybridized carbons (Fsp3) is 0.250. The lowest BCUT2D eigenvalue weighted by Gasteiger charge is -2.08. The first kappa shape index (κ1) is 9.49. The van der Waals surface area contributed by atoms with Gasteiger partial charge in [0.25, 0.3) is 0 Å². The van der Waals surface area contributed by atoms with Gasteiger partial charge in [-0.05, 0) is 10.7 Å². The third kappa shape index (κ3) is 2.19. The van der Waals surface area contributed by atoms with Crippen LogP contribution < -0.4 is 0 Å². The summed E-state index contributed by atoms with van der Waals surface area (Å²) in [7, 11) is 0. The molecule has 0 bridgehead atoms. The van der Waals surface area contributed by atoms with E-state index >= 15 is 0 Å². The van der Waals surface area contributed by atoms with Crippen LogP contribution in [0.25, 0.3) is 0 Å². The standard InChI is InChI=1S/C8H7Cl2NO/c9-7(8(10)11-12)6-4-2-1-3-5-6/h1-5,7-8H. The Bertz CT molecular complexity index is 252. The van der Waals surface area contributed by atoms with Gasteiger partial charge in [-0.1, -0.05) is 41.9 Å². The minimum atomic E-state index is -0.908. The third-order valence-corrected chi connectivity index (χ3v) is 2.41. The number of hydrogen-bond donors (Lipinski definition) is 0. The van der Waals surface area contributed by atoms with Crippen LogP contribution in [0.3, 0.4) is 0 Å². The average molecular weight is 204 g/mol. The largest absolute Gasteiger partial charge is 0.185 e. The van der Waals surface area contributed by atoms with Gasteiger partial charge < -0.3 is 0 Å². The van der Waals surface area contributed by atoms with E-state index < -0.39 is 10.9 Å². The molecule has 0 saturated heterocycles. The highest BCUT2D eigenvalue weighted by Gasteiger charge is 2.18. The lowest BCUT2D eigenvalue weighted by molar-refractivity contribution is 0.850. The quantitative estimate of drug-likeness (QED) is 0.422. The number of nitrogens with zero attached hydrogens (tertiary/aromatic N) is 1. The van der Waals surface area contributed by atoms with E-state index in [-0.39, 0.29) is 0 Å². The van der Waals surface area contributed by atoms with E-state index in [2.05, 4.69) is 5.18 Å². The molecular formula is C8H7Cl2NO. The van der Waals surface area contributed by atoms with E-state index in [1.54, 1.807) is 12.1 Å². The van der Waals surface area contributed by atoms with E-state index in [4.69, 9.17) is 23.2 Å². The van der Waals surface area contributed by atoms with Gasteiger partial charge in [-0.15, -0.1) is 16.5 Å². The molecule has 0 aliphatic rings. The van der Waals surface area contributed by atoms with E-state index in [9.17, 15) is 4.91 Å². The first-order valence-corrected chi connectivity index (χ1v) is 4.28. The van der Waals surface area contributed by atoms with Gasteiger partial charge >= 0.3 is 0 Å². The van der Waals surface area contributed by atoms with Crippen molar-refractivity contribution in [3.63, 3.8) is 0 Å². The van der Waals surface area contributed by atoms with Crippen molar-refractivity contribution in [2.24, 2.45) is 5.18 Å². The van der Waals surface area contributed by atoms with Gasteiger partial charge in [-0.25, -0.2) is 0 Å². The molecule has 0 aliphatic heterocycles. The summed E-state index contributed by atoms with van der Waals surface area (Å²) >= 11 is 11.4. The van der Waals surface area contributed by atoms with Gasteiger partial charge in [0, 0.05) is 0 Å². The van der Waals surface area contributed by atoms with Crippen molar-refractivity contribution in [3.8, 4) is 0 Å². The minimum absolute atomic E-state index is 0.551. The second kappa shape index (κ2) is 4.43. The molecule has 2 nitrogen and oxygen atoms in total. The maximum atomic E-state index is 10.1. The molecule has 0 saturated carbocycles. The van der Waals surface area contributed by atoms with Gasteiger partial charge in [0.05, 0.1) is 5.38 Å². The molecule has 0 amide bonds. The number of halogens is 2. The van der Waals surface area contributed by atoms with Crippen LogP contribution in [0, 0.1) is 4.91 Å². The van der Waals surface area contributed by atoms with Crippen molar-refractivity contribution in [2.75, 3.05) is 0 Å². The first-order chi connectivity index (χ1) is 5.75. The zero-order chi connectivity index (χ0) is 8.97. The molecule has 0 fully saturated rings. The number of hydrogen-bond acceptors (Lipinski definition) is 2. The van der Waals surface area contributed by atoms with Crippen LogP contribution in [0.2, 0.25) is 0 Å². The molecule has 4 heteroatoms. The summed E-state index contributed by atoms with van der Waals surface area (Å²) in [5.41, 5.74) is -0.104. The molecule has 64 valence electrons. The molecule has 0 radical (unpaired) electrons. The van der Waals surface area contributed by atoms with Crippen molar-refractivity contribution in [1.29, 1.82) is 0 Å². The van der Waals surface area contributed by atoms with E-state index in [0.717, 1.165) is 5.56 Å². The van der Waals surface area contributed by atoms with E-state index in [1.165, 1.54) is 0 Å². The van der Waals surface area contributed by atoms with Crippen LogP contribution in [0.5, 0.6) is 0 Å². The molecule has 0 heterocycles. The molecule has 0 aromatic heterocycles. The second-order valence-electron chi connectivity index (χ2n) is 2.29. The number of alkyl halides is 2. The van der Waals surface area contributed by atoms with Crippen molar-refractivity contribution in [1.82, 2.24) is 0 Å². The van der Waals surface area contributed by atoms with Crippen LogP contribution in [0.4, 0.5) is 0 Å². The summed E-state index contributed by atoms with van der Waals surface area (Å²) in [5, 5.41) is 2.10. The molecule has 0 aliphatic carbocycles. The molecule has 0 N–H and O–H groups in total. The molecule has 1 aromatic rings. The summed E-state index contributed by atoms with van der Waals surface area (Å²) in [6.07, 6.45) is 0. The predicted molar refractivity (Wildman–Crippen MR) is 50.5 cm³/mol. The number of rotatable bonds is 3. The molecule has 1 aromatic carbocycles. The van der Waals surface area contributed by atoms with E-state index in [1.807, 2.05) is 18.2 Å². The Morgan fingerprint density at radius 2 is 1.75 bits per heavy atom. The van der Waals surface area contributed by atoms with Crippen molar-refractivity contribution >= 4 is 23.2 Å². The van der Waals surface area contributed by atoms with Gasteiger partial charge in [0.1, 0.15) is 0 Å². The maximum absolute atomic E-state index is 10.1. The Hall–Kier alpha value is -0.600. The van der Waals surface area contributed by atoms with Gasteiger partial charge in [-0.2, -0.15) is 0 Å². The molecule has 0 spiro atoms. The fourth-order valence-corrected chi connectivity index (χ4v) is 1.19. The maximum Gasteiger partial charge on any atom is 0.185 e. The zero-order valence-electron chi connectivity index (χ0n) is 6.15. The predicted octanol–water partition coefficient (Wildman–Crippen LogP) is 3.30. The normalized spacial score (nSPS) is 15.2. The van der Waals surface area contributed by atoms with Gasteiger partial charge in [-0.3, -0.25) is 0 Å². The highest BCUT2D eigenvalue weighted by Crippen LogP contribution is 2.28. The van der Waals surface area contributed by atoms with Crippen molar-refractivity contribution in [2.45, 2.75) is 10.9 Å². The molecule has 2 atom stereocenters. The van der Waals surface area contributed by atoms with Crippen LogP contribution >= 0.6 is 23.2 Å². The Kier molecular flexibility index (Phi) is 3.50. The SMILES string of the molecule is O=NC(Cl)C(Cl)c1ccccc1. The summed E-state index contributed by atoms with van der Waals surface area (Å²) in [4.78, 5) is 10.1. The average Bonchev–Trinajstić information content (AvgIpc) is 2.17. The van der Waals surface area contributed by atoms with Crippen LogP contribution in [0.15, 0.2) is 35.5 Å². The monoisotopic (exact) mass is 203 g/mol. The summed E-state index contributed by atoms with van der Waals surface area (Å²) < 4.78 is 0. The Morgan fingerprint density at radius 1 is 1.17 bits per heavy atom. The summed E-state index contributed by atoms with van der Waals surface area (Å²) in [6.45, 7) is 0. The lowest BCUT2D eigenvalue weighted by Crippen LogP contribution is -2.02. The second-order valence-corrected chi connectivity index (χ2v) is 3.21. The Balaban J connectivity index is 2.78. The minimum Gasteiger partial charge on any atom is -0.149 e. The smallest absolute Gasteiger partial charge is 0.149 e. The summed E-state index contributed by atoms with van der Waals surface area (Å²) in [5.74, 6) is 0. The third-order valence-electron chi connectivity index (χ3n) is 1.46. The van der Waals surface area contributed by atoms with E-state index in [0.29, 0.717) is 0 Å². The van der Waals surface area contributed by atoms with Crippen LogP contribution in [0.1, 0.15) is 10.9 Å².